The smallest absolute Gasteiger partial charge is 0.271 e. The van der Waals surface area contributed by atoms with Gasteiger partial charge in [-0.2, -0.15) is 5.10 Å². The molecule has 0 unspecified atom stereocenters. The molecule has 0 saturated carbocycles. The third-order valence-corrected chi connectivity index (χ3v) is 3.35. The first-order chi connectivity index (χ1) is 10.8. The van der Waals surface area contributed by atoms with Crippen LogP contribution in [0.5, 0.6) is 0 Å². The number of ether oxygens (including phenoxy) is 1. The van der Waals surface area contributed by atoms with Gasteiger partial charge in [0, 0.05) is 37.9 Å². The van der Waals surface area contributed by atoms with E-state index in [0.717, 1.165) is 23.2 Å². The maximum absolute atomic E-state index is 12.4. The molecule has 0 aliphatic rings. The molecule has 0 atom stereocenters. The van der Waals surface area contributed by atoms with Gasteiger partial charge in [0.05, 0.1) is 12.3 Å². The Bertz CT molecular complexity index is 638. The molecule has 0 amide bonds. The quantitative estimate of drug-likeness (QED) is 0.758. The topological polar surface area (TPSA) is 56.1 Å². The number of aromatic nitrogens is 2. The number of nitrogens with zero attached hydrogens (tertiary/aromatic N) is 2. The zero-order valence-corrected chi connectivity index (χ0v) is 13.2. The number of rotatable bonds is 8. The van der Waals surface area contributed by atoms with Gasteiger partial charge in [-0.1, -0.05) is 37.3 Å². The summed E-state index contributed by atoms with van der Waals surface area (Å²) < 4.78 is 6.57. The van der Waals surface area contributed by atoms with E-state index in [4.69, 9.17) is 4.74 Å². The van der Waals surface area contributed by atoms with Crippen LogP contribution < -0.4 is 10.9 Å². The first-order valence-electron chi connectivity index (χ1n) is 7.62. The molecule has 118 valence electrons. The van der Waals surface area contributed by atoms with Crippen LogP contribution >= 0.6 is 0 Å². The fourth-order valence-corrected chi connectivity index (χ4v) is 2.23. The van der Waals surface area contributed by atoms with Gasteiger partial charge in [0.2, 0.25) is 0 Å². The van der Waals surface area contributed by atoms with Gasteiger partial charge < -0.3 is 10.1 Å². The lowest BCUT2D eigenvalue weighted by Gasteiger charge is -2.11. The van der Waals surface area contributed by atoms with E-state index in [0.29, 0.717) is 26.2 Å². The van der Waals surface area contributed by atoms with Gasteiger partial charge in [0.1, 0.15) is 0 Å². The van der Waals surface area contributed by atoms with Gasteiger partial charge in [-0.3, -0.25) is 4.79 Å². The summed E-state index contributed by atoms with van der Waals surface area (Å²) in [5.41, 5.74) is 2.56. The van der Waals surface area contributed by atoms with Crippen LogP contribution in [0.25, 0.3) is 11.3 Å². The molecule has 1 aromatic carbocycles. The second kappa shape index (κ2) is 8.46. The number of aryl methyl sites for hydroxylation is 1. The predicted octanol–water partition coefficient (Wildman–Crippen LogP) is 2.06. The summed E-state index contributed by atoms with van der Waals surface area (Å²) in [6, 6.07) is 11.8. The van der Waals surface area contributed by atoms with Gasteiger partial charge in [0.25, 0.3) is 5.56 Å². The average Bonchev–Trinajstić information content (AvgIpc) is 2.55. The molecule has 1 heterocycles. The standard InChI is InChI=1S/C17H23N3O2/c1-3-10-20-17(21)15(13-18-9-11-22-2)12-16(19-20)14-7-5-4-6-8-14/h4-8,12,18H,3,9-11,13H2,1-2H3. The van der Waals surface area contributed by atoms with Crippen molar-refractivity contribution in [3.8, 4) is 11.3 Å². The summed E-state index contributed by atoms with van der Waals surface area (Å²) >= 11 is 0. The van der Waals surface area contributed by atoms with Gasteiger partial charge in [0.15, 0.2) is 0 Å². The van der Waals surface area contributed by atoms with Gasteiger partial charge in [-0.15, -0.1) is 0 Å². The van der Waals surface area contributed by atoms with Crippen LogP contribution in [-0.4, -0.2) is 30.0 Å². The number of benzene rings is 1. The maximum atomic E-state index is 12.4. The van der Waals surface area contributed by atoms with Crippen molar-refractivity contribution in [1.29, 1.82) is 0 Å². The third kappa shape index (κ3) is 4.26. The van der Waals surface area contributed by atoms with Crippen molar-refractivity contribution in [3.63, 3.8) is 0 Å². The molecule has 2 rings (SSSR count). The number of hydrogen-bond acceptors (Lipinski definition) is 4. The molecular weight excluding hydrogens is 278 g/mol. The van der Waals surface area contributed by atoms with E-state index < -0.39 is 0 Å². The van der Waals surface area contributed by atoms with E-state index in [-0.39, 0.29) is 5.56 Å². The SMILES string of the molecule is CCCn1nc(-c2ccccc2)cc(CNCCOC)c1=O. The number of methoxy groups -OCH3 is 1. The molecule has 0 aliphatic heterocycles. The third-order valence-electron chi connectivity index (χ3n) is 3.35. The molecule has 0 fully saturated rings. The minimum atomic E-state index is -0.0218. The van der Waals surface area contributed by atoms with Gasteiger partial charge in [-0.05, 0) is 12.5 Å². The number of nitrogens with one attached hydrogen (secondary N) is 1. The molecule has 5 heteroatoms. The van der Waals surface area contributed by atoms with Gasteiger partial charge >= 0.3 is 0 Å². The minimum Gasteiger partial charge on any atom is -0.383 e. The molecule has 22 heavy (non-hydrogen) atoms. The van der Waals surface area contributed by atoms with E-state index in [9.17, 15) is 4.79 Å². The Morgan fingerprint density at radius 2 is 2.05 bits per heavy atom. The highest BCUT2D eigenvalue weighted by atomic mass is 16.5. The van der Waals surface area contributed by atoms with Crippen molar-refractivity contribution in [3.05, 3.63) is 52.3 Å². The molecule has 0 saturated heterocycles. The largest absolute Gasteiger partial charge is 0.383 e. The Balaban J connectivity index is 2.31. The van der Waals surface area contributed by atoms with E-state index in [1.165, 1.54) is 0 Å². The Morgan fingerprint density at radius 3 is 2.73 bits per heavy atom. The van der Waals surface area contributed by atoms with E-state index in [2.05, 4.69) is 10.4 Å². The zero-order chi connectivity index (χ0) is 15.8. The Kier molecular flexibility index (Phi) is 6.30. The molecule has 2 aromatic rings. The summed E-state index contributed by atoms with van der Waals surface area (Å²) in [5, 5.41) is 7.71. The van der Waals surface area contributed by atoms with Crippen LogP contribution in [0, 0.1) is 0 Å². The van der Waals surface area contributed by atoms with Crippen LogP contribution in [0.3, 0.4) is 0 Å². The van der Waals surface area contributed by atoms with Gasteiger partial charge in [-0.25, -0.2) is 4.68 Å². The van der Waals surface area contributed by atoms with E-state index >= 15 is 0 Å². The highest BCUT2D eigenvalue weighted by Gasteiger charge is 2.09. The lowest BCUT2D eigenvalue weighted by atomic mass is 10.1. The van der Waals surface area contributed by atoms with Crippen molar-refractivity contribution in [2.24, 2.45) is 0 Å². The van der Waals surface area contributed by atoms with E-state index in [1.807, 2.05) is 43.3 Å². The monoisotopic (exact) mass is 301 g/mol. The van der Waals surface area contributed by atoms with Crippen LogP contribution in [0.1, 0.15) is 18.9 Å². The fourth-order valence-electron chi connectivity index (χ4n) is 2.23. The van der Waals surface area contributed by atoms with Crippen molar-refractivity contribution in [2.45, 2.75) is 26.4 Å². The first-order valence-corrected chi connectivity index (χ1v) is 7.62. The second-order valence-corrected chi connectivity index (χ2v) is 5.12. The molecular formula is C17H23N3O2. The van der Waals surface area contributed by atoms with Crippen molar-refractivity contribution in [1.82, 2.24) is 15.1 Å². The van der Waals surface area contributed by atoms with Crippen molar-refractivity contribution < 1.29 is 4.74 Å². The molecule has 0 aliphatic carbocycles. The zero-order valence-electron chi connectivity index (χ0n) is 13.2. The molecule has 0 bridgehead atoms. The molecule has 0 spiro atoms. The highest BCUT2D eigenvalue weighted by Crippen LogP contribution is 2.15. The average molecular weight is 301 g/mol. The van der Waals surface area contributed by atoms with Crippen LogP contribution in [-0.2, 0) is 17.8 Å². The molecule has 1 aromatic heterocycles. The molecule has 0 radical (unpaired) electrons. The summed E-state index contributed by atoms with van der Waals surface area (Å²) in [5.74, 6) is 0. The predicted molar refractivity (Wildman–Crippen MR) is 87.8 cm³/mol. The van der Waals surface area contributed by atoms with Crippen molar-refractivity contribution in [2.75, 3.05) is 20.3 Å². The van der Waals surface area contributed by atoms with Crippen molar-refractivity contribution >= 4 is 0 Å². The Hall–Kier alpha value is -1.98. The minimum absolute atomic E-state index is 0.0218. The lowest BCUT2D eigenvalue weighted by molar-refractivity contribution is 0.199. The molecule has 5 nitrogen and oxygen atoms in total. The summed E-state index contributed by atoms with van der Waals surface area (Å²) in [7, 11) is 1.66. The van der Waals surface area contributed by atoms with Crippen LogP contribution in [0.4, 0.5) is 0 Å². The highest BCUT2D eigenvalue weighted by molar-refractivity contribution is 5.58. The summed E-state index contributed by atoms with van der Waals surface area (Å²) in [6.07, 6.45) is 0.877. The Labute approximate surface area is 130 Å². The second-order valence-electron chi connectivity index (χ2n) is 5.12. The summed E-state index contributed by atoms with van der Waals surface area (Å²) in [6.45, 7) is 4.53. The van der Waals surface area contributed by atoms with Crippen LogP contribution in [0.2, 0.25) is 0 Å². The normalized spacial score (nSPS) is 10.8. The molecule has 1 N–H and O–H groups in total. The Morgan fingerprint density at radius 1 is 1.27 bits per heavy atom. The number of hydrogen-bond donors (Lipinski definition) is 1. The summed E-state index contributed by atoms with van der Waals surface area (Å²) in [4.78, 5) is 12.4. The van der Waals surface area contributed by atoms with Crippen LogP contribution in [0.15, 0.2) is 41.2 Å². The van der Waals surface area contributed by atoms with E-state index in [1.54, 1.807) is 11.8 Å². The maximum Gasteiger partial charge on any atom is 0.271 e. The first kappa shape index (κ1) is 16.4. The lowest BCUT2D eigenvalue weighted by Crippen LogP contribution is -2.30. The fraction of sp³-hybridized carbons (Fsp3) is 0.412.